The third-order valence-corrected chi connectivity index (χ3v) is 5.14. The van der Waals surface area contributed by atoms with Crippen molar-refractivity contribution in [3.63, 3.8) is 0 Å². The third kappa shape index (κ3) is 4.37. The minimum atomic E-state index is -0.926. The quantitative estimate of drug-likeness (QED) is 0.299. The van der Waals surface area contributed by atoms with Gasteiger partial charge in [-0.05, 0) is 19.4 Å². The monoisotopic (exact) mass is 410 g/mol. The summed E-state index contributed by atoms with van der Waals surface area (Å²) in [4.78, 5) is 49.7. The number of benzene rings is 2. The highest BCUT2D eigenvalue weighted by Gasteiger charge is 2.38. The van der Waals surface area contributed by atoms with E-state index in [0.29, 0.717) is 23.2 Å². The van der Waals surface area contributed by atoms with E-state index in [9.17, 15) is 24.5 Å². The average molecular weight is 410 g/mol. The van der Waals surface area contributed by atoms with Gasteiger partial charge < -0.3 is 9.64 Å². The van der Waals surface area contributed by atoms with Crippen LogP contribution in [0.4, 0.5) is 11.4 Å². The molecular formula is C22H22N2O6. The lowest BCUT2D eigenvalue weighted by atomic mass is 10.0. The number of rotatable bonds is 7. The van der Waals surface area contributed by atoms with Gasteiger partial charge in [-0.2, -0.15) is 0 Å². The number of ketones is 1. The highest BCUT2D eigenvalue weighted by Crippen LogP contribution is 2.30. The molecule has 1 aliphatic heterocycles. The molecule has 1 heterocycles. The molecule has 0 radical (unpaired) electrons. The Labute approximate surface area is 173 Å². The maximum Gasteiger partial charge on any atom is 0.312 e. The molecule has 1 saturated heterocycles. The lowest BCUT2D eigenvalue weighted by molar-refractivity contribution is -0.385. The first kappa shape index (κ1) is 21.2. The predicted octanol–water partition coefficient (Wildman–Crippen LogP) is 3.46. The second kappa shape index (κ2) is 8.86. The van der Waals surface area contributed by atoms with Crippen LogP contribution in [0.5, 0.6) is 0 Å². The van der Waals surface area contributed by atoms with Crippen molar-refractivity contribution < 1.29 is 24.0 Å². The molecule has 0 unspecified atom stereocenters. The van der Waals surface area contributed by atoms with E-state index in [1.165, 1.54) is 11.0 Å². The average Bonchev–Trinajstić information content (AvgIpc) is 3.14. The molecule has 0 saturated carbocycles. The fourth-order valence-electron chi connectivity index (χ4n) is 3.42. The third-order valence-electron chi connectivity index (χ3n) is 5.14. The molecule has 0 spiro atoms. The Balaban J connectivity index is 1.71. The summed E-state index contributed by atoms with van der Waals surface area (Å²) in [5.74, 6) is -1.97. The van der Waals surface area contributed by atoms with E-state index in [1.54, 1.807) is 56.3 Å². The molecule has 8 nitrogen and oxygen atoms in total. The zero-order valence-electron chi connectivity index (χ0n) is 16.7. The fraction of sp³-hybridized carbons (Fsp3) is 0.318. The molecule has 0 bridgehead atoms. The number of nitro benzene ring substituents is 1. The molecule has 2 aromatic carbocycles. The van der Waals surface area contributed by atoms with Crippen LogP contribution in [0.3, 0.4) is 0 Å². The summed E-state index contributed by atoms with van der Waals surface area (Å²) in [6.45, 7) is 3.41. The molecule has 156 valence electrons. The van der Waals surface area contributed by atoms with Crippen molar-refractivity contribution in [1.29, 1.82) is 0 Å². The smallest absolute Gasteiger partial charge is 0.312 e. The highest BCUT2D eigenvalue weighted by atomic mass is 16.6. The Morgan fingerprint density at radius 2 is 1.93 bits per heavy atom. The van der Waals surface area contributed by atoms with Crippen LogP contribution in [0.25, 0.3) is 0 Å². The number of nitro groups is 1. The van der Waals surface area contributed by atoms with E-state index in [0.717, 1.165) is 0 Å². The van der Waals surface area contributed by atoms with E-state index in [4.69, 9.17) is 4.74 Å². The number of aryl methyl sites for hydroxylation is 1. The first-order valence-corrected chi connectivity index (χ1v) is 9.67. The molecule has 0 N–H and O–H groups in total. The van der Waals surface area contributed by atoms with E-state index in [-0.39, 0.29) is 30.3 Å². The van der Waals surface area contributed by atoms with Crippen molar-refractivity contribution in [3.8, 4) is 0 Å². The van der Waals surface area contributed by atoms with Gasteiger partial charge in [0, 0.05) is 30.2 Å². The standard InChI is InChI=1S/C22H22N2O6/c1-3-19(21(26)15-7-5-4-6-8-15)30-22(27)16-11-20(25)23(13-16)17-10-9-14(2)18(12-17)24(28)29/h4-10,12,16,19H,3,11,13H2,1-2H3/t16-,19-/m1/s1. The number of amides is 1. The lowest BCUT2D eigenvalue weighted by Crippen LogP contribution is -2.31. The first-order chi connectivity index (χ1) is 14.3. The largest absolute Gasteiger partial charge is 0.454 e. The number of Topliss-reactive ketones (excluding diaryl/α,β-unsaturated/α-hetero) is 1. The SMILES string of the molecule is CC[C@@H](OC(=O)[C@@H]1CC(=O)N(c2ccc(C)c([N+](=O)[O-])c2)C1)C(=O)c1ccccc1. The maximum atomic E-state index is 12.6. The molecule has 1 fully saturated rings. The van der Waals surface area contributed by atoms with Gasteiger partial charge in [0.25, 0.3) is 5.69 Å². The summed E-state index contributed by atoms with van der Waals surface area (Å²) in [5, 5.41) is 11.2. The van der Waals surface area contributed by atoms with Crippen LogP contribution < -0.4 is 4.90 Å². The van der Waals surface area contributed by atoms with Gasteiger partial charge in [-0.25, -0.2) is 0 Å². The van der Waals surface area contributed by atoms with Crippen molar-refractivity contribution in [2.45, 2.75) is 32.8 Å². The Hall–Kier alpha value is -3.55. The molecule has 2 aromatic rings. The lowest BCUT2D eigenvalue weighted by Gasteiger charge is -2.19. The van der Waals surface area contributed by atoms with Crippen molar-refractivity contribution in [3.05, 3.63) is 69.8 Å². The molecule has 8 heteroatoms. The summed E-state index contributed by atoms with van der Waals surface area (Å²) in [6, 6.07) is 13.1. The normalized spacial score (nSPS) is 16.9. The van der Waals surface area contributed by atoms with Gasteiger partial charge in [0.1, 0.15) is 0 Å². The van der Waals surface area contributed by atoms with Crippen LogP contribution in [0.2, 0.25) is 0 Å². The molecule has 30 heavy (non-hydrogen) atoms. The van der Waals surface area contributed by atoms with Gasteiger partial charge >= 0.3 is 5.97 Å². The molecule has 3 rings (SSSR count). The number of ether oxygens (including phenoxy) is 1. The van der Waals surface area contributed by atoms with Gasteiger partial charge in [0.15, 0.2) is 6.10 Å². The van der Waals surface area contributed by atoms with Crippen LogP contribution in [0.1, 0.15) is 35.7 Å². The van der Waals surface area contributed by atoms with E-state index < -0.39 is 22.9 Å². The molecule has 1 aliphatic rings. The first-order valence-electron chi connectivity index (χ1n) is 9.67. The van der Waals surface area contributed by atoms with E-state index in [2.05, 4.69) is 0 Å². The van der Waals surface area contributed by atoms with Crippen molar-refractivity contribution in [1.82, 2.24) is 0 Å². The molecule has 0 aliphatic carbocycles. The second-order valence-electron chi connectivity index (χ2n) is 7.20. The number of carbonyl (C=O) groups excluding carboxylic acids is 3. The molecule has 0 aromatic heterocycles. The van der Waals surface area contributed by atoms with E-state index in [1.807, 2.05) is 0 Å². The summed E-state index contributed by atoms with van der Waals surface area (Å²) >= 11 is 0. The van der Waals surface area contributed by atoms with Crippen LogP contribution in [-0.2, 0) is 14.3 Å². The Kier molecular flexibility index (Phi) is 6.25. The minimum absolute atomic E-state index is 0.0494. The number of hydrogen-bond acceptors (Lipinski definition) is 6. The summed E-state index contributed by atoms with van der Waals surface area (Å²) in [5.41, 5.74) is 1.20. The molecule has 2 atom stereocenters. The van der Waals surface area contributed by atoms with Gasteiger partial charge in [-0.1, -0.05) is 43.3 Å². The van der Waals surface area contributed by atoms with Crippen molar-refractivity contribution in [2.24, 2.45) is 5.92 Å². The zero-order chi connectivity index (χ0) is 21.8. The fourth-order valence-corrected chi connectivity index (χ4v) is 3.42. The predicted molar refractivity (Wildman–Crippen MR) is 109 cm³/mol. The van der Waals surface area contributed by atoms with Gasteiger partial charge in [-0.15, -0.1) is 0 Å². The van der Waals surface area contributed by atoms with Crippen molar-refractivity contribution in [2.75, 3.05) is 11.4 Å². The second-order valence-corrected chi connectivity index (χ2v) is 7.20. The maximum absolute atomic E-state index is 12.6. The van der Waals surface area contributed by atoms with Crippen LogP contribution in [-0.4, -0.2) is 35.2 Å². The minimum Gasteiger partial charge on any atom is -0.454 e. The Morgan fingerprint density at radius 1 is 1.23 bits per heavy atom. The topological polar surface area (TPSA) is 107 Å². The van der Waals surface area contributed by atoms with Crippen LogP contribution >= 0.6 is 0 Å². The summed E-state index contributed by atoms with van der Waals surface area (Å²) < 4.78 is 5.44. The molecule has 1 amide bonds. The molecular weight excluding hydrogens is 388 g/mol. The summed E-state index contributed by atoms with van der Waals surface area (Å²) in [6.07, 6.45) is -0.686. The number of nitrogens with zero attached hydrogens (tertiary/aromatic N) is 2. The Bertz CT molecular complexity index is 988. The number of esters is 1. The van der Waals surface area contributed by atoms with Crippen molar-refractivity contribution >= 4 is 29.0 Å². The summed E-state index contributed by atoms with van der Waals surface area (Å²) in [7, 11) is 0. The number of hydrogen-bond donors (Lipinski definition) is 0. The van der Waals surface area contributed by atoms with Gasteiger partial charge in [-0.3, -0.25) is 24.5 Å². The number of carbonyl (C=O) groups is 3. The van der Waals surface area contributed by atoms with Crippen LogP contribution in [0.15, 0.2) is 48.5 Å². The zero-order valence-corrected chi connectivity index (χ0v) is 16.7. The highest BCUT2D eigenvalue weighted by molar-refractivity contribution is 6.02. The van der Waals surface area contributed by atoms with Gasteiger partial charge in [0.05, 0.1) is 16.5 Å². The van der Waals surface area contributed by atoms with E-state index >= 15 is 0 Å². The number of anilines is 1. The van der Waals surface area contributed by atoms with Crippen LogP contribution in [0, 0.1) is 23.0 Å². The Morgan fingerprint density at radius 3 is 2.57 bits per heavy atom. The van der Waals surface area contributed by atoms with Gasteiger partial charge in [0.2, 0.25) is 11.7 Å².